The minimum atomic E-state index is -0.319. The molecule has 0 heterocycles. The van der Waals surface area contributed by atoms with Crippen LogP contribution in [-0.2, 0) is 19.3 Å². The molecule has 0 bridgehead atoms. The molecule has 0 atom stereocenters. The number of non-ortho nitro benzene ring substituents is 1. The molecule has 3 nitrogen and oxygen atoms in total. The van der Waals surface area contributed by atoms with E-state index in [4.69, 9.17) is 0 Å². The first-order valence-electron chi connectivity index (χ1n) is 10.4. The van der Waals surface area contributed by atoms with E-state index in [1.165, 1.54) is 39.5 Å². The van der Waals surface area contributed by atoms with Gasteiger partial charge in [-0.05, 0) is 77.1 Å². The summed E-state index contributed by atoms with van der Waals surface area (Å²) in [5.74, 6) is 0. The molecule has 2 aliphatic rings. The molecule has 3 aromatic rings. The molecule has 29 heavy (non-hydrogen) atoms. The molecule has 0 fully saturated rings. The highest BCUT2D eigenvalue weighted by molar-refractivity contribution is 5.95. The predicted octanol–water partition coefficient (Wildman–Crippen LogP) is 6.58. The number of hydrogen-bond acceptors (Lipinski definition) is 2. The second-order valence-electron chi connectivity index (χ2n) is 7.99. The van der Waals surface area contributed by atoms with Crippen LogP contribution in [0, 0.1) is 10.1 Å². The normalized spacial score (nSPS) is 15.3. The van der Waals surface area contributed by atoms with Crippen LogP contribution in [0.5, 0.6) is 0 Å². The van der Waals surface area contributed by atoms with Crippen molar-refractivity contribution in [1.82, 2.24) is 0 Å². The summed E-state index contributed by atoms with van der Waals surface area (Å²) in [5, 5.41) is 13.8. The molecular weight excluding hydrogens is 358 g/mol. The van der Waals surface area contributed by atoms with Crippen LogP contribution in [0.15, 0.2) is 72.3 Å². The first kappa shape index (κ1) is 17.9. The Morgan fingerprint density at radius 3 is 2.72 bits per heavy atom. The molecule has 0 spiro atoms. The largest absolute Gasteiger partial charge is 0.269 e. The molecule has 0 unspecified atom stereocenters. The fourth-order valence-electron chi connectivity index (χ4n) is 4.89. The lowest BCUT2D eigenvalue weighted by atomic mass is 9.78. The number of benzene rings is 3. The zero-order chi connectivity index (χ0) is 19.8. The minimum Gasteiger partial charge on any atom is -0.258 e. The second-order valence-corrected chi connectivity index (χ2v) is 7.99. The fraction of sp³-hybridized carbons (Fsp3) is 0.231. The smallest absolute Gasteiger partial charge is 0.258 e. The van der Waals surface area contributed by atoms with Gasteiger partial charge < -0.3 is 0 Å². The average molecular weight is 381 g/mol. The number of nitro benzene ring substituents is 1. The third kappa shape index (κ3) is 3.27. The highest BCUT2D eigenvalue weighted by atomic mass is 16.6. The van der Waals surface area contributed by atoms with E-state index in [1.807, 2.05) is 6.07 Å². The lowest BCUT2D eigenvalue weighted by Gasteiger charge is -2.26. The molecule has 2 aliphatic carbocycles. The van der Waals surface area contributed by atoms with Gasteiger partial charge in [0, 0.05) is 12.1 Å². The summed E-state index contributed by atoms with van der Waals surface area (Å²) in [5.41, 5.74) is 8.44. The average Bonchev–Trinajstić information content (AvgIpc) is 2.77. The van der Waals surface area contributed by atoms with Crippen LogP contribution in [0.3, 0.4) is 0 Å². The van der Waals surface area contributed by atoms with Crippen LogP contribution < -0.4 is 0 Å². The van der Waals surface area contributed by atoms with Gasteiger partial charge in [-0.15, -0.1) is 0 Å². The highest BCUT2D eigenvalue weighted by Gasteiger charge is 2.21. The zero-order valence-electron chi connectivity index (χ0n) is 16.4. The van der Waals surface area contributed by atoms with Crippen LogP contribution in [0.25, 0.3) is 16.3 Å². The first-order chi connectivity index (χ1) is 14.2. The Labute approximate surface area is 170 Å². The second kappa shape index (κ2) is 7.32. The van der Waals surface area contributed by atoms with E-state index in [1.54, 1.807) is 23.8 Å². The van der Waals surface area contributed by atoms with Crippen LogP contribution in [0.2, 0.25) is 0 Å². The lowest BCUT2D eigenvalue weighted by molar-refractivity contribution is -0.384. The van der Waals surface area contributed by atoms with Gasteiger partial charge in [0.15, 0.2) is 0 Å². The Morgan fingerprint density at radius 2 is 1.83 bits per heavy atom. The number of nitro groups is 1. The number of fused-ring (bicyclic) bond motifs is 4. The SMILES string of the molecule is O=[N+]([O-])c1cccc(CCc2cccc3ccc4c(c23)CCC2=C4C=CCC2)c1. The van der Waals surface area contributed by atoms with Crippen LogP contribution in [0.4, 0.5) is 5.69 Å². The third-order valence-electron chi connectivity index (χ3n) is 6.29. The van der Waals surface area contributed by atoms with E-state index in [9.17, 15) is 10.1 Å². The van der Waals surface area contributed by atoms with E-state index in [-0.39, 0.29) is 10.6 Å². The van der Waals surface area contributed by atoms with Gasteiger partial charge in [-0.25, -0.2) is 0 Å². The zero-order valence-corrected chi connectivity index (χ0v) is 16.4. The molecule has 3 heteroatoms. The van der Waals surface area contributed by atoms with Gasteiger partial charge in [-0.1, -0.05) is 60.2 Å². The fourth-order valence-corrected chi connectivity index (χ4v) is 4.89. The standard InChI is InChI=1S/C26H23NO2/c28-27(29)22-9-3-5-18(17-22)11-12-20-7-4-8-21-14-15-24-23-10-2-1-6-19(23)13-16-25(24)26(20)21/h2-5,7-10,14-15,17H,1,6,11-13,16H2. The molecular formula is C26H23NO2. The summed E-state index contributed by atoms with van der Waals surface area (Å²) in [4.78, 5) is 10.8. The Kier molecular flexibility index (Phi) is 4.51. The van der Waals surface area contributed by atoms with Crippen molar-refractivity contribution < 1.29 is 4.92 Å². The Hall–Kier alpha value is -3.20. The molecule has 0 aliphatic heterocycles. The van der Waals surface area contributed by atoms with Crippen molar-refractivity contribution in [3.05, 3.63) is 105 Å². The van der Waals surface area contributed by atoms with Crippen molar-refractivity contribution in [1.29, 1.82) is 0 Å². The third-order valence-corrected chi connectivity index (χ3v) is 6.29. The van der Waals surface area contributed by atoms with Gasteiger partial charge in [-0.3, -0.25) is 10.1 Å². The van der Waals surface area contributed by atoms with Crippen molar-refractivity contribution in [2.45, 2.75) is 38.5 Å². The number of allylic oxidation sites excluding steroid dienone is 4. The lowest BCUT2D eigenvalue weighted by Crippen LogP contribution is -2.08. The quantitative estimate of drug-likeness (QED) is 0.378. The van der Waals surface area contributed by atoms with E-state index < -0.39 is 0 Å². The maximum Gasteiger partial charge on any atom is 0.269 e. The maximum atomic E-state index is 11.1. The molecule has 0 N–H and O–H groups in total. The van der Waals surface area contributed by atoms with Gasteiger partial charge in [0.1, 0.15) is 0 Å². The summed E-state index contributed by atoms with van der Waals surface area (Å²) in [6.07, 6.45) is 10.9. The molecule has 144 valence electrons. The van der Waals surface area contributed by atoms with Gasteiger partial charge in [0.05, 0.1) is 4.92 Å². The van der Waals surface area contributed by atoms with E-state index >= 15 is 0 Å². The number of nitrogens with zero attached hydrogens (tertiary/aromatic N) is 1. The minimum absolute atomic E-state index is 0.168. The molecule has 0 amide bonds. The van der Waals surface area contributed by atoms with Gasteiger partial charge in [0.25, 0.3) is 5.69 Å². The monoisotopic (exact) mass is 381 g/mol. The molecule has 3 aromatic carbocycles. The Morgan fingerprint density at radius 1 is 0.931 bits per heavy atom. The van der Waals surface area contributed by atoms with Crippen LogP contribution in [-0.4, -0.2) is 4.92 Å². The summed E-state index contributed by atoms with van der Waals surface area (Å²) >= 11 is 0. The molecule has 0 saturated heterocycles. The van der Waals surface area contributed by atoms with Crippen molar-refractivity contribution in [3.63, 3.8) is 0 Å². The van der Waals surface area contributed by atoms with Crippen LogP contribution in [0.1, 0.15) is 41.5 Å². The van der Waals surface area contributed by atoms with Gasteiger partial charge >= 0.3 is 0 Å². The summed E-state index contributed by atoms with van der Waals surface area (Å²) < 4.78 is 0. The van der Waals surface area contributed by atoms with Crippen molar-refractivity contribution in [3.8, 4) is 0 Å². The maximum absolute atomic E-state index is 11.1. The van der Waals surface area contributed by atoms with E-state index in [2.05, 4.69) is 42.5 Å². The Bertz CT molecular complexity index is 1190. The van der Waals surface area contributed by atoms with Crippen molar-refractivity contribution in [2.75, 3.05) is 0 Å². The first-order valence-corrected chi connectivity index (χ1v) is 10.4. The number of rotatable bonds is 4. The van der Waals surface area contributed by atoms with Crippen LogP contribution >= 0.6 is 0 Å². The number of aryl methyl sites for hydroxylation is 3. The molecule has 0 radical (unpaired) electrons. The highest BCUT2D eigenvalue weighted by Crippen LogP contribution is 2.40. The Balaban J connectivity index is 1.54. The van der Waals surface area contributed by atoms with Crippen molar-refractivity contribution >= 4 is 22.0 Å². The topological polar surface area (TPSA) is 43.1 Å². The molecule has 0 saturated carbocycles. The summed E-state index contributed by atoms with van der Waals surface area (Å²) in [6, 6.07) is 18.1. The van der Waals surface area contributed by atoms with E-state index in [0.29, 0.717) is 0 Å². The van der Waals surface area contributed by atoms with Gasteiger partial charge in [-0.2, -0.15) is 0 Å². The molecule has 5 rings (SSSR count). The summed E-state index contributed by atoms with van der Waals surface area (Å²) in [7, 11) is 0. The molecule has 0 aromatic heterocycles. The van der Waals surface area contributed by atoms with Gasteiger partial charge in [0.2, 0.25) is 0 Å². The summed E-state index contributed by atoms with van der Waals surface area (Å²) in [6.45, 7) is 0. The predicted molar refractivity (Wildman–Crippen MR) is 118 cm³/mol. The van der Waals surface area contributed by atoms with Crippen molar-refractivity contribution in [2.24, 2.45) is 0 Å². The number of hydrogen-bond donors (Lipinski definition) is 0. The van der Waals surface area contributed by atoms with E-state index in [0.717, 1.165) is 37.7 Å².